The Morgan fingerprint density at radius 2 is 1.77 bits per heavy atom. The van der Waals surface area contributed by atoms with E-state index < -0.39 is 11.9 Å². The number of amides is 2. The average Bonchev–Trinajstić information content (AvgIpc) is 2.70. The van der Waals surface area contributed by atoms with Gasteiger partial charge in [-0.05, 0) is 38.0 Å². The number of allylic oxidation sites excluding steroid dienone is 1. The predicted octanol–water partition coefficient (Wildman–Crippen LogP) is 4.74. The van der Waals surface area contributed by atoms with Gasteiger partial charge in [0.1, 0.15) is 6.04 Å². The minimum Gasteiger partial charge on any atom is -0.366 e. The standard InChI is InChI=1S/C22H22Cl2N4O2S/c1-11-6-4-7-12(2)19(11)27-16(29)10-31-22-26-13(3)17(21(25)30)20(28-22)14-8-5-9-15(23)18(14)24/h4-9,20H,10H2,1-3H3,(H2,25,30)(H,26,28)(H,27,29)/t20-/m1/s1. The molecule has 0 aromatic heterocycles. The number of benzene rings is 2. The van der Waals surface area contributed by atoms with E-state index in [1.165, 1.54) is 11.8 Å². The molecule has 0 spiro atoms. The van der Waals surface area contributed by atoms with Gasteiger partial charge in [0.05, 0.1) is 21.4 Å². The van der Waals surface area contributed by atoms with Gasteiger partial charge in [0.25, 0.3) is 0 Å². The highest BCUT2D eigenvalue weighted by atomic mass is 35.5. The number of carbonyl (C=O) groups is 2. The third-order valence-electron chi connectivity index (χ3n) is 4.85. The first-order chi connectivity index (χ1) is 14.7. The number of halogens is 2. The zero-order valence-corrected chi connectivity index (χ0v) is 19.6. The molecule has 2 aromatic carbocycles. The number of hydrogen-bond acceptors (Lipinski definition) is 5. The first kappa shape index (κ1) is 23.2. The second kappa shape index (κ2) is 9.77. The summed E-state index contributed by atoms with van der Waals surface area (Å²) in [5.74, 6) is -0.632. The normalized spacial score (nSPS) is 15.9. The van der Waals surface area contributed by atoms with Crippen molar-refractivity contribution in [2.45, 2.75) is 26.8 Å². The number of primary amides is 1. The van der Waals surface area contributed by atoms with E-state index in [-0.39, 0.29) is 11.7 Å². The van der Waals surface area contributed by atoms with Crippen LogP contribution in [0.3, 0.4) is 0 Å². The van der Waals surface area contributed by atoms with E-state index in [0.29, 0.717) is 32.0 Å². The Hall–Kier alpha value is -2.48. The van der Waals surface area contributed by atoms with Crippen molar-refractivity contribution in [3.8, 4) is 0 Å². The van der Waals surface area contributed by atoms with Crippen molar-refractivity contribution in [2.75, 3.05) is 11.1 Å². The Morgan fingerprint density at radius 1 is 1.13 bits per heavy atom. The highest BCUT2D eigenvalue weighted by Gasteiger charge is 2.30. The van der Waals surface area contributed by atoms with Crippen LogP contribution in [-0.4, -0.2) is 22.7 Å². The van der Waals surface area contributed by atoms with Gasteiger partial charge in [-0.2, -0.15) is 0 Å². The summed E-state index contributed by atoms with van der Waals surface area (Å²) in [6.07, 6.45) is 0. The van der Waals surface area contributed by atoms with E-state index >= 15 is 0 Å². The van der Waals surface area contributed by atoms with Crippen molar-refractivity contribution < 1.29 is 9.59 Å². The third kappa shape index (κ3) is 5.23. The summed E-state index contributed by atoms with van der Waals surface area (Å²) >= 11 is 13.8. The number of para-hydroxylation sites is 1. The number of nitrogens with two attached hydrogens (primary N) is 1. The molecule has 0 saturated heterocycles. The van der Waals surface area contributed by atoms with Gasteiger partial charge in [-0.25, -0.2) is 4.99 Å². The molecule has 6 nitrogen and oxygen atoms in total. The first-order valence-electron chi connectivity index (χ1n) is 9.47. The number of hydrogen-bond donors (Lipinski definition) is 3. The Bertz CT molecular complexity index is 1090. The highest BCUT2D eigenvalue weighted by molar-refractivity contribution is 8.14. The lowest BCUT2D eigenvalue weighted by atomic mass is 9.96. The number of carbonyl (C=O) groups excluding carboxylic acids is 2. The summed E-state index contributed by atoms with van der Waals surface area (Å²) in [6.45, 7) is 5.63. The van der Waals surface area contributed by atoms with Crippen LogP contribution in [-0.2, 0) is 9.59 Å². The first-order valence-corrected chi connectivity index (χ1v) is 11.2. The molecule has 0 radical (unpaired) electrons. The molecule has 0 fully saturated rings. The van der Waals surface area contributed by atoms with Gasteiger partial charge in [-0.3, -0.25) is 9.59 Å². The fourth-order valence-electron chi connectivity index (χ4n) is 3.32. The quantitative estimate of drug-likeness (QED) is 0.580. The lowest BCUT2D eigenvalue weighted by molar-refractivity contribution is -0.115. The van der Waals surface area contributed by atoms with Crippen molar-refractivity contribution >= 4 is 57.6 Å². The average molecular weight is 477 g/mol. The van der Waals surface area contributed by atoms with Gasteiger partial charge < -0.3 is 16.4 Å². The zero-order chi connectivity index (χ0) is 22.7. The molecule has 2 amide bonds. The predicted molar refractivity (Wildman–Crippen MR) is 129 cm³/mol. The Labute approximate surface area is 195 Å². The van der Waals surface area contributed by atoms with Gasteiger partial charge in [0, 0.05) is 16.9 Å². The third-order valence-corrected chi connectivity index (χ3v) is 6.57. The van der Waals surface area contributed by atoms with Crippen molar-refractivity contribution in [3.05, 3.63) is 74.4 Å². The fourth-order valence-corrected chi connectivity index (χ4v) is 4.47. The fraction of sp³-hybridized carbons (Fsp3) is 0.227. The number of aliphatic imine (C=N–C) groups is 1. The lowest BCUT2D eigenvalue weighted by Gasteiger charge is -2.26. The van der Waals surface area contributed by atoms with Crippen LogP contribution in [0.5, 0.6) is 0 Å². The smallest absolute Gasteiger partial charge is 0.248 e. The molecule has 0 aliphatic carbocycles. The van der Waals surface area contributed by atoms with Crippen LogP contribution in [0.4, 0.5) is 5.69 Å². The number of nitrogens with zero attached hydrogens (tertiary/aromatic N) is 1. The molecule has 9 heteroatoms. The number of thioether (sulfide) groups is 1. The molecule has 2 aromatic rings. The maximum Gasteiger partial charge on any atom is 0.248 e. The number of nitrogens with one attached hydrogen (secondary N) is 2. The molecule has 0 bridgehead atoms. The molecule has 0 unspecified atom stereocenters. The molecule has 1 aliphatic rings. The Morgan fingerprint density at radius 3 is 2.42 bits per heavy atom. The minimum atomic E-state index is -0.714. The second-order valence-corrected chi connectivity index (χ2v) is 8.86. The molecule has 162 valence electrons. The van der Waals surface area contributed by atoms with Crippen molar-refractivity contribution in [1.29, 1.82) is 0 Å². The topological polar surface area (TPSA) is 96.6 Å². The van der Waals surface area contributed by atoms with Crippen LogP contribution in [0, 0.1) is 13.8 Å². The molecule has 3 rings (SSSR count). The summed E-state index contributed by atoms with van der Waals surface area (Å²) in [7, 11) is 0. The lowest BCUT2D eigenvalue weighted by Crippen LogP contribution is -2.33. The summed E-state index contributed by atoms with van der Waals surface area (Å²) < 4.78 is 0. The van der Waals surface area contributed by atoms with Gasteiger partial charge >= 0.3 is 0 Å². The van der Waals surface area contributed by atoms with E-state index in [1.807, 2.05) is 32.0 Å². The van der Waals surface area contributed by atoms with E-state index in [2.05, 4.69) is 15.6 Å². The van der Waals surface area contributed by atoms with E-state index in [1.54, 1.807) is 25.1 Å². The molecule has 1 heterocycles. The summed E-state index contributed by atoms with van der Waals surface area (Å²) in [4.78, 5) is 29.2. The van der Waals surface area contributed by atoms with Crippen molar-refractivity contribution in [3.63, 3.8) is 0 Å². The molecular formula is C22H22Cl2N4O2S. The highest BCUT2D eigenvalue weighted by Crippen LogP contribution is 2.38. The van der Waals surface area contributed by atoms with E-state index in [4.69, 9.17) is 28.9 Å². The van der Waals surface area contributed by atoms with E-state index in [0.717, 1.165) is 16.8 Å². The molecule has 31 heavy (non-hydrogen) atoms. The van der Waals surface area contributed by atoms with Gasteiger partial charge in [-0.15, -0.1) is 0 Å². The molecule has 0 saturated carbocycles. The summed E-state index contributed by atoms with van der Waals surface area (Å²) in [5.41, 5.74) is 9.82. The maximum atomic E-state index is 12.5. The molecular weight excluding hydrogens is 455 g/mol. The van der Waals surface area contributed by atoms with Crippen LogP contribution < -0.4 is 16.4 Å². The van der Waals surface area contributed by atoms with Crippen molar-refractivity contribution in [1.82, 2.24) is 5.32 Å². The zero-order valence-electron chi connectivity index (χ0n) is 17.3. The van der Waals surface area contributed by atoms with Crippen LogP contribution in [0.25, 0.3) is 0 Å². The largest absolute Gasteiger partial charge is 0.366 e. The summed E-state index contributed by atoms with van der Waals surface area (Å²) in [6, 6.07) is 10.3. The number of anilines is 1. The van der Waals surface area contributed by atoms with Crippen molar-refractivity contribution in [2.24, 2.45) is 10.7 Å². The molecule has 1 aliphatic heterocycles. The SMILES string of the molecule is CC1=C(C(N)=O)[C@@H](c2cccc(Cl)c2Cl)N=C(SCC(=O)Nc2c(C)cccc2C)N1. The van der Waals surface area contributed by atoms with Crippen LogP contribution in [0.1, 0.15) is 29.7 Å². The minimum absolute atomic E-state index is 0.134. The van der Waals surface area contributed by atoms with E-state index in [9.17, 15) is 9.59 Å². The van der Waals surface area contributed by atoms with Gasteiger partial charge in [-0.1, -0.05) is 65.3 Å². The van der Waals surface area contributed by atoms with Gasteiger partial charge in [0.2, 0.25) is 11.8 Å². The molecule has 1 atom stereocenters. The van der Waals surface area contributed by atoms with Gasteiger partial charge in [0.15, 0.2) is 5.17 Å². The Kier molecular flexibility index (Phi) is 7.30. The number of rotatable bonds is 5. The van der Waals surface area contributed by atoms with Crippen LogP contribution in [0.2, 0.25) is 10.0 Å². The number of aryl methyl sites for hydroxylation is 2. The molecule has 4 N–H and O–H groups in total. The van der Waals surface area contributed by atoms with Crippen LogP contribution in [0.15, 0.2) is 52.7 Å². The maximum absolute atomic E-state index is 12.5. The Balaban J connectivity index is 1.81. The second-order valence-electron chi connectivity index (χ2n) is 7.11. The monoisotopic (exact) mass is 476 g/mol. The van der Waals surface area contributed by atoms with Crippen LogP contribution >= 0.6 is 35.0 Å². The number of amidine groups is 1. The summed E-state index contributed by atoms with van der Waals surface area (Å²) in [5, 5.41) is 7.16.